The maximum Gasteiger partial charge on any atom is 0.258 e. The van der Waals surface area contributed by atoms with E-state index in [0.717, 1.165) is 31.5 Å². The molecule has 0 spiro atoms. The molecule has 1 aromatic heterocycles. The van der Waals surface area contributed by atoms with E-state index in [1.54, 1.807) is 6.07 Å². The molecule has 1 aromatic carbocycles. The first-order chi connectivity index (χ1) is 9.65. The summed E-state index contributed by atoms with van der Waals surface area (Å²) in [5.74, 6) is -3.18. The van der Waals surface area contributed by atoms with Crippen molar-refractivity contribution in [2.45, 2.75) is 19.3 Å². The van der Waals surface area contributed by atoms with Crippen molar-refractivity contribution in [2.75, 3.05) is 5.32 Å². The average molecular weight is 274 g/mol. The molecule has 20 heavy (non-hydrogen) atoms. The Morgan fingerprint density at radius 1 is 1.15 bits per heavy atom. The Morgan fingerprint density at radius 2 is 1.95 bits per heavy atom. The van der Waals surface area contributed by atoms with Crippen LogP contribution in [-0.2, 0) is 12.8 Å². The molecule has 0 unspecified atom stereocenters. The number of carbonyl (C=O) groups is 1. The molecule has 1 amide bonds. The van der Waals surface area contributed by atoms with E-state index >= 15 is 0 Å². The van der Waals surface area contributed by atoms with Gasteiger partial charge < -0.3 is 5.32 Å². The topological polar surface area (TPSA) is 42.0 Å². The Hall–Kier alpha value is -2.30. The molecule has 0 saturated carbocycles. The third-order valence-corrected chi connectivity index (χ3v) is 3.45. The van der Waals surface area contributed by atoms with Gasteiger partial charge in [0.15, 0.2) is 5.82 Å². The summed E-state index contributed by atoms with van der Waals surface area (Å²) >= 11 is 0. The highest BCUT2D eigenvalue weighted by Gasteiger charge is 2.17. The predicted molar refractivity (Wildman–Crippen MR) is 70.6 cm³/mol. The first-order valence-electron chi connectivity index (χ1n) is 6.38. The summed E-state index contributed by atoms with van der Waals surface area (Å²) in [4.78, 5) is 15.1. The largest absolute Gasteiger partial charge is 0.322 e. The highest BCUT2D eigenvalue weighted by atomic mass is 19.2. The van der Waals surface area contributed by atoms with Crippen LogP contribution in [0, 0.1) is 11.8 Å². The number of nitrogens with zero attached hydrogens (tertiary/aromatic N) is 1. The summed E-state index contributed by atoms with van der Waals surface area (Å²) in [5.41, 5.74) is 2.72. The van der Waals surface area contributed by atoms with Crippen molar-refractivity contribution in [3.8, 4) is 0 Å². The molecular formula is C15H12F2N2O. The number of benzene rings is 1. The average Bonchev–Trinajstić information content (AvgIpc) is 2.89. The van der Waals surface area contributed by atoms with Crippen LogP contribution in [0.4, 0.5) is 14.5 Å². The minimum Gasteiger partial charge on any atom is -0.322 e. The summed E-state index contributed by atoms with van der Waals surface area (Å²) in [5, 5.41) is 2.58. The summed E-state index contributed by atoms with van der Waals surface area (Å²) in [6.45, 7) is 0. The van der Waals surface area contributed by atoms with Gasteiger partial charge in [0.1, 0.15) is 0 Å². The highest BCUT2D eigenvalue weighted by molar-refractivity contribution is 6.04. The fourth-order valence-corrected chi connectivity index (χ4v) is 2.44. The zero-order chi connectivity index (χ0) is 14.1. The van der Waals surface area contributed by atoms with Crippen molar-refractivity contribution in [1.29, 1.82) is 0 Å². The number of halogens is 2. The van der Waals surface area contributed by atoms with Crippen molar-refractivity contribution in [1.82, 2.24) is 4.98 Å². The number of hydrogen-bond donors (Lipinski definition) is 1. The molecule has 102 valence electrons. The molecule has 1 aliphatic carbocycles. The molecule has 0 fully saturated rings. The van der Waals surface area contributed by atoms with Crippen LogP contribution in [0.5, 0.6) is 0 Å². The van der Waals surface area contributed by atoms with Crippen LogP contribution >= 0.6 is 0 Å². The maximum atomic E-state index is 13.5. The van der Waals surface area contributed by atoms with Gasteiger partial charge in [-0.05, 0) is 48.6 Å². The van der Waals surface area contributed by atoms with Gasteiger partial charge in [0, 0.05) is 11.9 Å². The lowest BCUT2D eigenvalue weighted by molar-refractivity contribution is 0.102. The van der Waals surface area contributed by atoms with Gasteiger partial charge in [0.25, 0.3) is 5.91 Å². The normalized spacial score (nSPS) is 13.1. The molecule has 0 atom stereocenters. The van der Waals surface area contributed by atoms with Crippen LogP contribution in [-0.4, -0.2) is 10.9 Å². The van der Waals surface area contributed by atoms with Gasteiger partial charge in [-0.3, -0.25) is 4.79 Å². The fourth-order valence-electron chi connectivity index (χ4n) is 2.44. The van der Waals surface area contributed by atoms with Crippen molar-refractivity contribution in [3.05, 3.63) is 58.9 Å². The second-order valence-corrected chi connectivity index (χ2v) is 4.75. The van der Waals surface area contributed by atoms with Gasteiger partial charge >= 0.3 is 0 Å². The van der Waals surface area contributed by atoms with E-state index in [1.165, 1.54) is 11.1 Å². The Kier molecular flexibility index (Phi) is 3.18. The lowest BCUT2D eigenvalue weighted by atomic mass is 10.1. The Balaban J connectivity index is 1.84. The second kappa shape index (κ2) is 5.00. The molecule has 0 radical (unpaired) electrons. The van der Waals surface area contributed by atoms with Gasteiger partial charge in [-0.2, -0.15) is 4.39 Å². The standard InChI is InChI=1S/C15H12F2N2O/c16-13-12(6-7-18-14(13)17)15(20)19-11-5-4-9-2-1-3-10(9)8-11/h4-8H,1-3H2,(H,19,20). The number of hydrogen-bond acceptors (Lipinski definition) is 2. The molecule has 1 N–H and O–H groups in total. The van der Waals surface area contributed by atoms with Gasteiger partial charge in [-0.25, -0.2) is 9.37 Å². The van der Waals surface area contributed by atoms with E-state index in [1.807, 2.05) is 12.1 Å². The van der Waals surface area contributed by atoms with Gasteiger partial charge in [0.2, 0.25) is 5.95 Å². The molecule has 5 heteroatoms. The molecule has 0 bridgehead atoms. The van der Waals surface area contributed by atoms with Crippen molar-refractivity contribution < 1.29 is 13.6 Å². The molecule has 1 aliphatic rings. The monoisotopic (exact) mass is 274 g/mol. The number of aromatic nitrogens is 1. The molecule has 3 rings (SSSR count). The zero-order valence-corrected chi connectivity index (χ0v) is 10.6. The van der Waals surface area contributed by atoms with Crippen LogP contribution in [0.3, 0.4) is 0 Å². The lowest BCUT2D eigenvalue weighted by Gasteiger charge is -2.08. The third kappa shape index (κ3) is 2.27. The zero-order valence-electron chi connectivity index (χ0n) is 10.6. The summed E-state index contributed by atoms with van der Waals surface area (Å²) in [6.07, 6.45) is 4.21. The minimum absolute atomic E-state index is 0.349. The Bertz CT molecular complexity index is 686. The molecule has 2 aromatic rings. The van der Waals surface area contributed by atoms with E-state index in [2.05, 4.69) is 10.3 Å². The molecule has 3 nitrogen and oxygen atoms in total. The van der Waals surface area contributed by atoms with E-state index < -0.39 is 17.7 Å². The van der Waals surface area contributed by atoms with Crippen LogP contribution in [0.1, 0.15) is 27.9 Å². The Morgan fingerprint density at radius 3 is 2.80 bits per heavy atom. The maximum absolute atomic E-state index is 13.5. The smallest absolute Gasteiger partial charge is 0.258 e. The van der Waals surface area contributed by atoms with E-state index in [-0.39, 0.29) is 5.56 Å². The SMILES string of the molecule is O=C(Nc1ccc2c(c1)CCC2)c1ccnc(F)c1F. The number of anilines is 1. The molecule has 0 saturated heterocycles. The number of rotatable bonds is 2. The summed E-state index contributed by atoms with van der Waals surface area (Å²) in [7, 11) is 0. The number of carbonyl (C=O) groups excluding carboxylic acids is 1. The van der Waals surface area contributed by atoms with Crippen molar-refractivity contribution >= 4 is 11.6 Å². The molecular weight excluding hydrogens is 262 g/mol. The Labute approximate surface area is 114 Å². The summed E-state index contributed by atoms with van der Waals surface area (Å²) < 4.78 is 26.5. The first kappa shape index (κ1) is 12.7. The second-order valence-electron chi connectivity index (χ2n) is 4.75. The predicted octanol–water partition coefficient (Wildman–Crippen LogP) is 3.10. The van der Waals surface area contributed by atoms with Crippen LogP contribution in [0.2, 0.25) is 0 Å². The molecule has 1 heterocycles. The van der Waals surface area contributed by atoms with Crippen molar-refractivity contribution in [3.63, 3.8) is 0 Å². The van der Waals surface area contributed by atoms with Crippen LogP contribution in [0.15, 0.2) is 30.5 Å². The van der Waals surface area contributed by atoms with E-state index in [4.69, 9.17) is 0 Å². The van der Waals surface area contributed by atoms with Gasteiger partial charge in [-0.1, -0.05) is 6.07 Å². The lowest BCUT2D eigenvalue weighted by Crippen LogP contribution is -2.15. The number of nitrogens with one attached hydrogen (secondary N) is 1. The van der Waals surface area contributed by atoms with Gasteiger partial charge in [0.05, 0.1) is 5.56 Å². The first-order valence-corrected chi connectivity index (χ1v) is 6.38. The number of fused-ring (bicyclic) bond motifs is 1. The minimum atomic E-state index is -1.27. The fraction of sp³-hybridized carbons (Fsp3) is 0.200. The van der Waals surface area contributed by atoms with Crippen molar-refractivity contribution in [2.24, 2.45) is 0 Å². The number of amides is 1. The summed E-state index contributed by atoms with van der Waals surface area (Å²) in [6, 6.07) is 6.77. The third-order valence-electron chi connectivity index (χ3n) is 3.45. The van der Waals surface area contributed by atoms with E-state index in [9.17, 15) is 13.6 Å². The quantitative estimate of drug-likeness (QED) is 0.855. The van der Waals surface area contributed by atoms with Crippen LogP contribution in [0.25, 0.3) is 0 Å². The number of aryl methyl sites for hydroxylation is 2. The molecule has 0 aliphatic heterocycles. The van der Waals surface area contributed by atoms with Gasteiger partial charge in [-0.15, -0.1) is 0 Å². The van der Waals surface area contributed by atoms with E-state index in [0.29, 0.717) is 5.69 Å². The highest BCUT2D eigenvalue weighted by Crippen LogP contribution is 2.25. The number of pyridine rings is 1. The van der Waals surface area contributed by atoms with Crippen LogP contribution < -0.4 is 5.32 Å².